The third-order valence-corrected chi connectivity index (χ3v) is 6.00. The van der Waals surface area contributed by atoms with E-state index in [0.717, 1.165) is 20.4 Å². The van der Waals surface area contributed by atoms with Crippen molar-refractivity contribution in [1.29, 1.82) is 0 Å². The topological polar surface area (TPSA) is 38.8 Å². The molecule has 0 aromatic heterocycles. The molecule has 2 aromatic rings. The van der Waals surface area contributed by atoms with E-state index in [2.05, 4.69) is 22.6 Å². The average molecular weight is 511 g/mol. The minimum absolute atomic E-state index is 0.113. The van der Waals surface area contributed by atoms with E-state index in [1.165, 1.54) is 11.8 Å². The first kappa shape index (κ1) is 20.2. The largest absolute Gasteiger partial charge is 0.493 e. The number of benzene rings is 2. The number of amides is 1. The summed E-state index contributed by atoms with van der Waals surface area (Å²) in [5, 5.41) is 0. The van der Waals surface area contributed by atoms with E-state index < -0.39 is 0 Å². The molecule has 4 nitrogen and oxygen atoms in total. The van der Waals surface area contributed by atoms with Crippen LogP contribution >= 0.6 is 46.6 Å². The Hall–Kier alpha value is -1.58. The first-order valence-electron chi connectivity index (χ1n) is 8.29. The number of carbonyl (C=O) groups is 1. The van der Waals surface area contributed by atoms with Crippen LogP contribution in [-0.2, 0) is 4.79 Å². The van der Waals surface area contributed by atoms with E-state index in [4.69, 9.17) is 21.7 Å². The SMILES string of the molecule is CCOc1c(I)cc(/C=C2\SC(=S)N(c3cccc(C)c3)C2=O)cc1OC. The number of hydrogen-bond donors (Lipinski definition) is 0. The van der Waals surface area contributed by atoms with Gasteiger partial charge in [-0.05, 0) is 77.9 Å². The zero-order valence-electron chi connectivity index (χ0n) is 15.1. The van der Waals surface area contributed by atoms with Gasteiger partial charge in [-0.15, -0.1) is 0 Å². The molecule has 1 aliphatic heterocycles. The van der Waals surface area contributed by atoms with Gasteiger partial charge in [-0.1, -0.05) is 36.1 Å². The third-order valence-electron chi connectivity index (χ3n) is 3.89. The zero-order chi connectivity index (χ0) is 19.6. The molecule has 0 radical (unpaired) electrons. The number of halogens is 1. The molecule has 1 aliphatic rings. The van der Waals surface area contributed by atoms with Crippen molar-refractivity contribution in [2.75, 3.05) is 18.6 Å². The maximum atomic E-state index is 12.9. The molecular weight excluding hydrogens is 493 g/mol. The number of ether oxygens (including phenoxy) is 2. The fourth-order valence-corrected chi connectivity index (χ4v) is 4.80. The molecule has 0 aliphatic carbocycles. The molecule has 1 fully saturated rings. The average Bonchev–Trinajstić information content (AvgIpc) is 2.90. The van der Waals surface area contributed by atoms with Crippen LogP contribution in [0.5, 0.6) is 11.5 Å². The van der Waals surface area contributed by atoms with Crippen LogP contribution in [0.25, 0.3) is 6.08 Å². The third kappa shape index (κ3) is 4.30. The van der Waals surface area contributed by atoms with Gasteiger partial charge in [0.05, 0.1) is 27.9 Å². The summed E-state index contributed by atoms with van der Waals surface area (Å²) in [5.41, 5.74) is 2.74. The summed E-state index contributed by atoms with van der Waals surface area (Å²) in [7, 11) is 1.61. The number of methoxy groups -OCH3 is 1. The van der Waals surface area contributed by atoms with Gasteiger partial charge in [0.25, 0.3) is 5.91 Å². The number of carbonyl (C=O) groups excluding carboxylic acids is 1. The van der Waals surface area contributed by atoms with Gasteiger partial charge >= 0.3 is 0 Å². The molecule has 1 saturated heterocycles. The molecule has 27 heavy (non-hydrogen) atoms. The summed E-state index contributed by atoms with van der Waals surface area (Å²) in [6, 6.07) is 11.6. The molecule has 7 heteroatoms. The lowest BCUT2D eigenvalue weighted by Crippen LogP contribution is -2.27. The van der Waals surface area contributed by atoms with Gasteiger partial charge < -0.3 is 9.47 Å². The smallest absolute Gasteiger partial charge is 0.270 e. The van der Waals surface area contributed by atoms with Crippen molar-refractivity contribution < 1.29 is 14.3 Å². The van der Waals surface area contributed by atoms with Gasteiger partial charge in [0, 0.05) is 0 Å². The number of nitrogens with zero attached hydrogens (tertiary/aromatic N) is 1. The summed E-state index contributed by atoms with van der Waals surface area (Å²) in [6.07, 6.45) is 1.84. The van der Waals surface area contributed by atoms with Gasteiger partial charge in [-0.2, -0.15) is 0 Å². The highest BCUT2D eigenvalue weighted by Gasteiger charge is 2.33. The summed E-state index contributed by atoms with van der Waals surface area (Å²) >= 11 is 8.96. The number of anilines is 1. The Morgan fingerprint density at radius 3 is 2.74 bits per heavy atom. The number of rotatable bonds is 5. The fraction of sp³-hybridized carbons (Fsp3) is 0.200. The van der Waals surface area contributed by atoms with Crippen LogP contribution < -0.4 is 14.4 Å². The van der Waals surface area contributed by atoms with Gasteiger partial charge in [0.2, 0.25) is 0 Å². The summed E-state index contributed by atoms with van der Waals surface area (Å²) in [5.74, 6) is 1.24. The maximum absolute atomic E-state index is 12.9. The van der Waals surface area contributed by atoms with E-state index in [-0.39, 0.29) is 5.91 Å². The second-order valence-corrected chi connectivity index (χ2v) is 8.66. The quantitative estimate of drug-likeness (QED) is 0.305. The fourth-order valence-electron chi connectivity index (χ4n) is 2.72. The predicted molar refractivity (Wildman–Crippen MR) is 124 cm³/mol. The zero-order valence-corrected chi connectivity index (χ0v) is 18.9. The van der Waals surface area contributed by atoms with Crippen molar-refractivity contribution >= 4 is 68.6 Å². The molecule has 0 atom stereocenters. The lowest BCUT2D eigenvalue weighted by atomic mass is 10.1. The van der Waals surface area contributed by atoms with Crippen molar-refractivity contribution in [2.45, 2.75) is 13.8 Å². The predicted octanol–water partition coefficient (Wildman–Crippen LogP) is 5.41. The van der Waals surface area contributed by atoms with Gasteiger partial charge in [0.1, 0.15) is 0 Å². The van der Waals surface area contributed by atoms with E-state index >= 15 is 0 Å². The molecule has 0 bridgehead atoms. The Morgan fingerprint density at radius 1 is 1.30 bits per heavy atom. The number of aryl methyl sites for hydroxylation is 1. The standard InChI is InChI=1S/C20H18INO3S2/c1-4-25-18-15(21)9-13(10-16(18)24-3)11-17-19(23)22(20(26)27-17)14-7-5-6-12(2)8-14/h5-11H,4H2,1-3H3/b17-11-. The van der Waals surface area contributed by atoms with Crippen LogP contribution in [0, 0.1) is 10.5 Å². The van der Waals surface area contributed by atoms with Crippen LogP contribution in [0.15, 0.2) is 41.3 Å². The molecule has 0 saturated carbocycles. The Kier molecular flexibility index (Phi) is 6.44. The lowest BCUT2D eigenvalue weighted by Gasteiger charge is -2.15. The minimum Gasteiger partial charge on any atom is -0.493 e. The first-order chi connectivity index (χ1) is 12.9. The van der Waals surface area contributed by atoms with Crippen molar-refractivity contribution in [3.05, 3.63) is 56.0 Å². The van der Waals surface area contributed by atoms with Crippen molar-refractivity contribution in [3.63, 3.8) is 0 Å². The second-order valence-electron chi connectivity index (χ2n) is 5.82. The molecule has 0 N–H and O–H groups in total. The Balaban J connectivity index is 1.95. The second kappa shape index (κ2) is 8.62. The number of thioether (sulfide) groups is 1. The molecule has 1 heterocycles. The van der Waals surface area contributed by atoms with Gasteiger partial charge in [0.15, 0.2) is 15.8 Å². The van der Waals surface area contributed by atoms with Crippen LogP contribution in [0.3, 0.4) is 0 Å². The van der Waals surface area contributed by atoms with Crippen molar-refractivity contribution in [2.24, 2.45) is 0 Å². The molecule has 2 aromatic carbocycles. The van der Waals surface area contributed by atoms with Crippen molar-refractivity contribution in [1.82, 2.24) is 0 Å². The first-order valence-corrected chi connectivity index (χ1v) is 10.6. The summed E-state index contributed by atoms with van der Waals surface area (Å²) < 4.78 is 12.6. The van der Waals surface area contributed by atoms with Crippen LogP contribution in [0.1, 0.15) is 18.1 Å². The number of thiocarbonyl (C=S) groups is 1. The summed E-state index contributed by atoms with van der Waals surface area (Å²) in [6.45, 7) is 4.48. The van der Waals surface area contributed by atoms with Gasteiger partial charge in [-0.3, -0.25) is 9.69 Å². The molecule has 1 amide bonds. The molecule has 3 rings (SSSR count). The molecule has 0 spiro atoms. The van der Waals surface area contributed by atoms with E-state index in [9.17, 15) is 4.79 Å². The highest BCUT2D eigenvalue weighted by atomic mass is 127. The van der Waals surface area contributed by atoms with E-state index in [0.29, 0.717) is 27.3 Å². The van der Waals surface area contributed by atoms with Crippen LogP contribution in [0.2, 0.25) is 0 Å². The van der Waals surface area contributed by atoms with Gasteiger partial charge in [-0.25, -0.2) is 0 Å². The van der Waals surface area contributed by atoms with Crippen LogP contribution in [-0.4, -0.2) is 23.9 Å². The Labute approximate surface area is 182 Å². The monoisotopic (exact) mass is 511 g/mol. The Morgan fingerprint density at radius 2 is 2.07 bits per heavy atom. The highest BCUT2D eigenvalue weighted by Crippen LogP contribution is 2.38. The maximum Gasteiger partial charge on any atom is 0.270 e. The van der Waals surface area contributed by atoms with Crippen LogP contribution in [0.4, 0.5) is 5.69 Å². The molecule has 140 valence electrons. The highest BCUT2D eigenvalue weighted by molar-refractivity contribution is 14.1. The van der Waals surface area contributed by atoms with E-state index in [1.807, 2.05) is 56.3 Å². The lowest BCUT2D eigenvalue weighted by molar-refractivity contribution is -0.113. The minimum atomic E-state index is -0.113. The Bertz CT molecular complexity index is 943. The van der Waals surface area contributed by atoms with E-state index in [1.54, 1.807) is 12.0 Å². The molecular formula is C20H18INO3S2. The van der Waals surface area contributed by atoms with Crippen molar-refractivity contribution in [3.8, 4) is 11.5 Å². The summed E-state index contributed by atoms with van der Waals surface area (Å²) in [4.78, 5) is 15.1. The number of hydrogen-bond acceptors (Lipinski definition) is 5. The normalized spacial score (nSPS) is 15.6. The molecule has 0 unspecified atom stereocenters.